The third kappa shape index (κ3) is 3.11. The summed E-state index contributed by atoms with van der Waals surface area (Å²) >= 11 is 6.39. The van der Waals surface area contributed by atoms with Crippen molar-refractivity contribution in [2.75, 3.05) is 13.1 Å². The summed E-state index contributed by atoms with van der Waals surface area (Å²) in [5.74, 6) is 0.768. The lowest BCUT2D eigenvalue weighted by molar-refractivity contribution is 0.167. The number of aromatic nitrogens is 1. The molecule has 2 heterocycles. The molecular weight excluding hydrogens is 283 g/mol. The highest BCUT2D eigenvalue weighted by Gasteiger charge is 2.16. The van der Waals surface area contributed by atoms with Crippen LogP contribution in [0.15, 0.2) is 30.6 Å². The second kappa shape index (κ2) is 6.42. The topological polar surface area (TPSA) is 34.1 Å². The van der Waals surface area contributed by atoms with Crippen LogP contribution in [0.5, 0.6) is 5.75 Å². The molecule has 1 aliphatic heterocycles. The Kier molecular flexibility index (Phi) is 4.86. The molecule has 5 heteroatoms. The summed E-state index contributed by atoms with van der Waals surface area (Å²) in [4.78, 5) is 4.09. The second-order valence-electron chi connectivity index (χ2n) is 4.56. The van der Waals surface area contributed by atoms with Crippen LogP contribution in [0.3, 0.4) is 0 Å². The molecule has 0 aliphatic carbocycles. The highest BCUT2D eigenvalue weighted by molar-refractivity contribution is 6.37. The van der Waals surface area contributed by atoms with Gasteiger partial charge in [-0.05, 0) is 37.6 Å². The highest BCUT2D eigenvalue weighted by atomic mass is 35.5. The first-order valence-electron chi connectivity index (χ1n) is 6.24. The fraction of sp³-hybridized carbons (Fsp3) is 0.357. The average molecular weight is 299 g/mol. The standard InChI is InChI=1S/C14H15ClN2O.ClH/c15-14-12-5-7-17-8-10(12)3-4-13(14)18-11-2-1-6-16-9-11;/h3-5,7-8,11,16H,1-2,6,9H2;1H. The smallest absolute Gasteiger partial charge is 0.139 e. The maximum Gasteiger partial charge on any atom is 0.139 e. The van der Waals surface area contributed by atoms with Crippen molar-refractivity contribution in [2.45, 2.75) is 18.9 Å². The van der Waals surface area contributed by atoms with Crippen LogP contribution in [-0.2, 0) is 0 Å². The minimum Gasteiger partial charge on any atom is -0.488 e. The predicted octanol–water partition coefficient (Wildman–Crippen LogP) is 3.44. The van der Waals surface area contributed by atoms with E-state index < -0.39 is 0 Å². The van der Waals surface area contributed by atoms with E-state index in [1.807, 2.05) is 24.4 Å². The van der Waals surface area contributed by atoms with Crippen LogP contribution in [0.4, 0.5) is 0 Å². The molecule has 3 nitrogen and oxygen atoms in total. The molecular formula is C14H16Cl2N2O. The number of hydrogen-bond acceptors (Lipinski definition) is 3. The fourth-order valence-electron chi connectivity index (χ4n) is 2.30. The van der Waals surface area contributed by atoms with E-state index >= 15 is 0 Å². The van der Waals surface area contributed by atoms with Gasteiger partial charge in [-0.1, -0.05) is 11.6 Å². The van der Waals surface area contributed by atoms with Gasteiger partial charge in [0.15, 0.2) is 0 Å². The van der Waals surface area contributed by atoms with Crippen molar-refractivity contribution >= 4 is 34.8 Å². The number of hydrogen-bond donors (Lipinski definition) is 1. The van der Waals surface area contributed by atoms with Crippen LogP contribution in [-0.4, -0.2) is 24.2 Å². The zero-order valence-corrected chi connectivity index (χ0v) is 12.0. The van der Waals surface area contributed by atoms with Gasteiger partial charge in [0.2, 0.25) is 0 Å². The molecule has 1 fully saturated rings. The van der Waals surface area contributed by atoms with E-state index in [4.69, 9.17) is 16.3 Å². The van der Waals surface area contributed by atoms with Crippen LogP contribution < -0.4 is 10.1 Å². The Morgan fingerprint density at radius 3 is 3.00 bits per heavy atom. The normalized spacial score (nSPS) is 18.9. The first-order chi connectivity index (χ1) is 8.84. The Hall–Kier alpha value is -1.03. The predicted molar refractivity (Wildman–Crippen MR) is 80.5 cm³/mol. The number of fused-ring (bicyclic) bond motifs is 1. The van der Waals surface area contributed by atoms with E-state index in [1.54, 1.807) is 6.20 Å². The van der Waals surface area contributed by atoms with Crippen LogP contribution in [0.25, 0.3) is 10.8 Å². The van der Waals surface area contributed by atoms with Crippen LogP contribution >= 0.6 is 24.0 Å². The summed E-state index contributed by atoms with van der Waals surface area (Å²) in [6.07, 6.45) is 6.01. The van der Waals surface area contributed by atoms with Crippen molar-refractivity contribution in [1.29, 1.82) is 0 Å². The zero-order valence-electron chi connectivity index (χ0n) is 10.4. The summed E-state index contributed by atoms with van der Waals surface area (Å²) in [7, 11) is 0. The van der Waals surface area contributed by atoms with Crippen LogP contribution in [0.1, 0.15) is 12.8 Å². The van der Waals surface area contributed by atoms with Crippen molar-refractivity contribution in [1.82, 2.24) is 10.3 Å². The quantitative estimate of drug-likeness (QED) is 0.922. The van der Waals surface area contributed by atoms with E-state index in [0.717, 1.165) is 42.5 Å². The number of pyridine rings is 1. The maximum atomic E-state index is 6.39. The van der Waals surface area contributed by atoms with Crippen molar-refractivity contribution in [3.05, 3.63) is 35.6 Å². The molecule has 0 bridgehead atoms. The van der Waals surface area contributed by atoms with Gasteiger partial charge in [-0.3, -0.25) is 4.98 Å². The van der Waals surface area contributed by atoms with Crippen LogP contribution in [0.2, 0.25) is 5.02 Å². The Bertz CT molecular complexity index is 556. The molecule has 3 rings (SSSR count). The third-order valence-electron chi connectivity index (χ3n) is 3.26. The SMILES string of the molecule is Cl.Clc1c(OC2CCCNC2)ccc2cnccc12. The molecule has 0 saturated carbocycles. The van der Waals surface area contributed by atoms with Gasteiger partial charge in [0.05, 0.1) is 5.02 Å². The molecule has 0 amide bonds. The molecule has 102 valence electrons. The summed E-state index contributed by atoms with van der Waals surface area (Å²) in [5.41, 5.74) is 0. The molecule has 1 aromatic carbocycles. The van der Waals surface area contributed by atoms with E-state index in [0.29, 0.717) is 5.02 Å². The fourth-order valence-corrected chi connectivity index (χ4v) is 2.58. The van der Waals surface area contributed by atoms with Crippen molar-refractivity contribution < 1.29 is 4.74 Å². The molecule has 1 unspecified atom stereocenters. The maximum absolute atomic E-state index is 6.39. The van der Waals surface area contributed by atoms with Gasteiger partial charge < -0.3 is 10.1 Å². The Balaban J connectivity index is 0.00000133. The molecule has 0 radical (unpaired) electrons. The Morgan fingerprint density at radius 2 is 2.21 bits per heavy atom. The summed E-state index contributed by atoms with van der Waals surface area (Å²) in [5, 5.41) is 6.05. The van der Waals surface area contributed by atoms with E-state index in [-0.39, 0.29) is 18.5 Å². The van der Waals surface area contributed by atoms with Gasteiger partial charge in [-0.25, -0.2) is 0 Å². The number of ether oxygens (including phenoxy) is 1. The molecule has 1 saturated heterocycles. The third-order valence-corrected chi connectivity index (χ3v) is 3.65. The Labute approximate surface area is 123 Å². The first-order valence-corrected chi connectivity index (χ1v) is 6.62. The minimum atomic E-state index is 0. The lowest BCUT2D eigenvalue weighted by Gasteiger charge is -2.24. The molecule has 2 aromatic rings. The first kappa shape index (κ1) is 14.4. The monoisotopic (exact) mass is 298 g/mol. The van der Waals surface area contributed by atoms with E-state index in [9.17, 15) is 0 Å². The second-order valence-corrected chi connectivity index (χ2v) is 4.94. The van der Waals surface area contributed by atoms with E-state index in [1.165, 1.54) is 0 Å². The number of rotatable bonds is 2. The molecule has 1 aromatic heterocycles. The van der Waals surface area contributed by atoms with Crippen LogP contribution in [0, 0.1) is 0 Å². The van der Waals surface area contributed by atoms with Gasteiger partial charge in [-0.15, -0.1) is 12.4 Å². The lowest BCUT2D eigenvalue weighted by atomic mass is 10.1. The van der Waals surface area contributed by atoms with Crippen molar-refractivity contribution in [3.63, 3.8) is 0 Å². The zero-order chi connectivity index (χ0) is 12.4. The van der Waals surface area contributed by atoms with Gasteiger partial charge in [0.25, 0.3) is 0 Å². The number of halogens is 2. The molecule has 1 N–H and O–H groups in total. The number of nitrogens with one attached hydrogen (secondary N) is 1. The number of piperidine rings is 1. The molecule has 0 spiro atoms. The average Bonchev–Trinajstić information content (AvgIpc) is 2.43. The highest BCUT2D eigenvalue weighted by Crippen LogP contribution is 2.33. The van der Waals surface area contributed by atoms with Gasteiger partial charge in [-0.2, -0.15) is 0 Å². The van der Waals surface area contributed by atoms with Crippen molar-refractivity contribution in [3.8, 4) is 5.75 Å². The van der Waals surface area contributed by atoms with E-state index in [2.05, 4.69) is 10.3 Å². The van der Waals surface area contributed by atoms with Gasteiger partial charge in [0.1, 0.15) is 11.9 Å². The number of nitrogens with zero attached hydrogens (tertiary/aromatic N) is 1. The Morgan fingerprint density at radius 1 is 1.32 bits per heavy atom. The molecule has 19 heavy (non-hydrogen) atoms. The summed E-state index contributed by atoms with van der Waals surface area (Å²) in [6.45, 7) is 1.97. The minimum absolute atomic E-state index is 0. The lowest BCUT2D eigenvalue weighted by Crippen LogP contribution is -2.37. The molecule has 1 atom stereocenters. The van der Waals surface area contributed by atoms with Gasteiger partial charge >= 0.3 is 0 Å². The largest absolute Gasteiger partial charge is 0.488 e. The summed E-state index contributed by atoms with van der Waals surface area (Å²) in [6, 6.07) is 5.85. The summed E-state index contributed by atoms with van der Waals surface area (Å²) < 4.78 is 5.98. The number of benzene rings is 1. The van der Waals surface area contributed by atoms with Crippen molar-refractivity contribution in [2.24, 2.45) is 0 Å². The molecule has 1 aliphatic rings. The van der Waals surface area contributed by atoms with Gasteiger partial charge in [0, 0.05) is 29.7 Å².